The zero-order valence-corrected chi connectivity index (χ0v) is 14.7. The largest absolute Gasteiger partial charge is 0.368 e. The highest BCUT2D eigenvalue weighted by Gasteiger charge is 2.26. The van der Waals surface area contributed by atoms with Crippen LogP contribution >= 0.6 is 11.6 Å². The molecule has 0 heterocycles. The van der Waals surface area contributed by atoms with Crippen molar-refractivity contribution in [1.29, 1.82) is 0 Å². The SMILES string of the molecule is NC(=O)CN(c1ccc2ccccc2c1)S(=O)(=O)c1ccc(Cl)cc1. The van der Waals surface area contributed by atoms with Crippen LogP contribution in [0.3, 0.4) is 0 Å². The van der Waals surface area contributed by atoms with E-state index in [-0.39, 0.29) is 4.90 Å². The van der Waals surface area contributed by atoms with Crippen molar-refractivity contribution in [3.05, 3.63) is 71.8 Å². The van der Waals surface area contributed by atoms with Crippen LogP contribution in [0.5, 0.6) is 0 Å². The number of hydrogen-bond donors (Lipinski definition) is 1. The summed E-state index contributed by atoms with van der Waals surface area (Å²) < 4.78 is 27.0. The van der Waals surface area contributed by atoms with Gasteiger partial charge in [0, 0.05) is 5.02 Å². The number of fused-ring (bicyclic) bond motifs is 1. The second-order valence-electron chi connectivity index (χ2n) is 5.46. The summed E-state index contributed by atoms with van der Waals surface area (Å²) in [5.41, 5.74) is 5.64. The van der Waals surface area contributed by atoms with Gasteiger partial charge < -0.3 is 5.73 Å². The van der Waals surface area contributed by atoms with Gasteiger partial charge in [-0.2, -0.15) is 0 Å². The number of hydrogen-bond acceptors (Lipinski definition) is 3. The van der Waals surface area contributed by atoms with Crippen molar-refractivity contribution in [3.63, 3.8) is 0 Å². The molecular formula is C18H15ClN2O3S. The first kappa shape index (κ1) is 17.3. The number of carbonyl (C=O) groups excluding carboxylic acids is 1. The summed E-state index contributed by atoms with van der Waals surface area (Å²) >= 11 is 5.83. The fraction of sp³-hybridized carbons (Fsp3) is 0.0556. The van der Waals surface area contributed by atoms with E-state index < -0.39 is 22.5 Å². The average Bonchev–Trinajstić information content (AvgIpc) is 2.59. The number of nitrogens with two attached hydrogens (primary N) is 1. The van der Waals surface area contributed by atoms with Crippen LogP contribution in [-0.2, 0) is 14.8 Å². The van der Waals surface area contributed by atoms with E-state index >= 15 is 0 Å². The second kappa shape index (κ2) is 6.74. The van der Waals surface area contributed by atoms with E-state index in [1.54, 1.807) is 18.2 Å². The molecule has 2 N–H and O–H groups in total. The molecule has 0 radical (unpaired) electrons. The minimum absolute atomic E-state index is 0.0336. The summed E-state index contributed by atoms with van der Waals surface area (Å²) in [5, 5.41) is 2.25. The molecule has 7 heteroatoms. The van der Waals surface area contributed by atoms with E-state index in [0.717, 1.165) is 15.1 Å². The molecule has 0 aliphatic heterocycles. The maximum Gasteiger partial charge on any atom is 0.264 e. The van der Waals surface area contributed by atoms with E-state index in [0.29, 0.717) is 10.7 Å². The van der Waals surface area contributed by atoms with Crippen LogP contribution < -0.4 is 10.0 Å². The number of amides is 1. The van der Waals surface area contributed by atoms with Gasteiger partial charge in [0.2, 0.25) is 5.91 Å². The van der Waals surface area contributed by atoms with Gasteiger partial charge in [0.05, 0.1) is 10.6 Å². The number of nitrogens with zero attached hydrogens (tertiary/aromatic N) is 1. The number of anilines is 1. The number of primary amides is 1. The predicted octanol–water partition coefficient (Wildman–Crippen LogP) is 3.17. The third-order valence-corrected chi connectivity index (χ3v) is 5.76. The molecule has 128 valence electrons. The molecule has 3 aromatic carbocycles. The molecule has 0 atom stereocenters. The Kier molecular flexibility index (Phi) is 4.65. The lowest BCUT2D eigenvalue weighted by molar-refractivity contribution is -0.116. The molecular weight excluding hydrogens is 360 g/mol. The van der Waals surface area contributed by atoms with E-state index in [2.05, 4.69) is 0 Å². The van der Waals surface area contributed by atoms with E-state index in [1.807, 2.05) is 24.3 Å². The lowest BCUT2D eigenvalue weighted by atomic mass is 10.1. The lowest BCUT2D eigenvalue weighted by Gasteiger charge is -2.23. The van der Waals surface area contributed by atoms with Crippen LogP contribution in [0.4, 0.5) is 5.69 Å². The smallest absolute Gasteiger partial charge is 0.264 e. The molecule has 25 heavy (non-hydrogen) atoms. The molecule has 0 saturated heterocycles. The van der Waals surface area contributed by atoms with Crippen molar-refractivity contribution in [2.24, 2.45) is 5.73 Å². The van der Waals surface area contributed by atoms with E-state index in [9.17, 15) is 13.2 Å². The van der Waals surface area contributed by atoms with Crippen LogP contribution in [0.15, 0.2) is 71.6 Å². The molecule has 0 saturated carbocycles. The first-order valence-corrected chi connectivity index (χ1v) is 9.25. The summed E-state index contributed by atoms with van der Waals surface area (Å²) in [6, 6.07) is 18.5. The standard InChI is InChI=1S/C18H15ClN2O3S/c19-15-6-9-17(10-7-15)25(23,24)21(12-18(20)22)16-8-5-13-3-1-2-4-14(13)11-16/h1-11H,12H2,(H2,20,22). The summed E-state index contributed by atoms with van der Waals surface area (Å²) in [5.74, 6) is -0.745. The van der Waals surface area contributed by atoms with Gasteiger partial charge in [-0.1, -0.05) is 41.9 Å². The Morgan fingerprint density at radius 2 is 1.60 bits per heavy atom. The van der Waals surface area contributed by atoms with Crippen molar-refractivity contribution < 1.29 is 13.2 Å². The van der Waals surface area contributed by atoms with Gasteiger partial charge in [0.1, 0.15) is 6.54 Å². The second-order valence-corrected chi connectivity index (χ2v) is 7.76. The Bertz CT molecular complexity index is 1030. The Labute approximate surface area is 150 Å². The minimum atomic E-state index is -3.96. The highest BCUT2D eigenvalue weighted by molar-refractivity contribution is 7.92. The van der Waals surface area contributed by atoms with Gasteiger partial charge in [0.15, 0.2) is 0 Å². The van der Waals surface area contributed by atoms with Gasteiger partial charge in [0.25, 0.3) is 10.0 Å². The highest BCUT2D eigenvalue weighted by atomic mass is 35.5. The Balaban J connectivity index is 2.12. The topological polar surface area (TPSA) is 80.5 Å². The van der Waals surface area contributed by atoms with Crippen molar-refractivity contribution in [2.75, 3.05) is 10.8 Å². The van der Waals surface area contributed by atoms with E-state index in [1.165, 1.54) is 24.3 Å². The fourth-order valence-electron chi connectivity index (χ4n) is 2.52. The quantitative estimate of drug-likeness (QED) is 0.744. The molecule has 0 fully saturated rings. The molecule has 0 aromatic heterocycles. The maximum absolute atomic E-state index is 13.0. The summed E-state index contributed by atoms with van der Waals surface area (Å²) in [6.07, 6.45) is 0. The molecule has 0 bridgehead atoms. The van der Waals surface area contributed by atoms with Gasteiger partial charge in [-0.3, -0.25) is 9.10 Å². The number of benzene rings is 3. The molecule has 0 aliphatic rings. The highest BCUT2D eigenvalue weighted by Crippen LogP contribution is 2.27. The Hall–Kier alpha value is -2.57. The van der Waals surface area contributed by atoms with Crippen LogP contribution in [0.2, 0.25) is 5.02 Å². The zero-order chi connectivity index (χ0) is 18.0. The van der Waals surface area contributed by atoms with Crippen molar-refractivity contribution in [1.82, 2.24) is 0 Å². The summed E-state index contributed by atoms with van der Waals surface area (Å²) in [4.78, 5) is 11.5. The molecule has 5 nitrogen and oxygen atoms in total. The van der Waals surface area contributed by atoms with Gasteiger partial charge in [-0.05, 0) is 47.2 Å². The van der Waals surface area contributed by atoms with Crippen molar-refractivity contribution >= 4 is 44.0 Å². The maximum atomic E-state index is 13.0. The van der Waals surface area contributed by atoms with Crippen LogP contribution in [0.1, 0.15) is 0 Å². The predicted molar refractivity (Wildman–Crippen MR) is 99.1 cm³/mol. The van der Waals surface area contributed by atoms with Crippen molar-refractivity contribution in [3.8, 4) is 0 Å². The van der Waals surface area contributed by atoms with Crippen LogP contribution in [0.25, 0.3) is 10.8 Å². The Morgan fingerprint density at radius 1 is 0.960 bits per heavy atom. The molecule has 0 aliphatic carbocycles. The summed E-state index contributed by atoms with van der Waals surface area (Å²) in [7, 11) is -3.96. The zero-order valence-electron chi connectivity index (χ0n) is 13.1. The molecule has 0 unspecified atom stereocenters. The number of carbonyl (C=O) groups is 1. The Morgan fingerprint density at radius 3 is 2.24 bits per heavy atom. The van der Waals surface area contributed by atoms with Crippen LogP contribution in [0, 0.1) is 0 Å². The first-order chi connectivity index (χ1) is 11.9. The summed E-state index contributed by atoms with van der Waals surface area (Å²) in [6.45, 7) is -0.455. The van der Waals surface area contributed by atoms with Gasteiger partial charge in [-0.15, -0.1) is 0 Å². The molecule has 3 aromatic rings. The number of sulfonamides is 1. The first-order valence-electron chi connectivity index (χ1n) is 7.43. The monoisotopic (exact) mass is 374 g/mol. The fourth-order valence-corrected chi connectivity index (χ4v) is 4.07. The average molecular weight is 375 g/mol. The lowest BCUT2D eigenvalue weighted by Crippen LogP contribution is -2.38. The van der Waals surface area contributed by atoms with Gasteiger partial charge in [-0.25, -0.2) is 8.42 Å². The van der Waals surface area contributed by atoms with Gasteiger partial charge >= 0.3 is 0 Å². The third kappa shape index (κ3) is 3.60. The molecule has 0 spiro atoms. The molecule has 3 rings (SSSR count). The van der Waals surface area contributed by atoms with Crippen molar-refractivity contribution in [2.45, 2.75) is 4.90 Å². The van der Waals surface area contributed by atoms with E-state index in [4.69, 9.17) is 17.3 Å². The number of halogens is 1. The number of rotatable bonds is 5. The minimum Gasteiger partial charge on any atom is -0.368 e. The van der Waals surface area contributed by atoms with Crippen LogP contribution in [-0.4, -0.2) is 20.9 Å². The third-order valence-electron chi connectivity index (χ3n) is 3.72. The normalized spacial score (nSPS) is 11.4. The molecule has 1 amide bonds.